The normalized spacial score (nSPS) is 13.4. The van der Waals surface area contributed by atoms with Gasteiger partial charge in [-0.3, -0.25) is 14.7 Å². The van der Waals surface area contributed by atoms with E-state index in [9.17, 15) is 4.79 Å². The number of rotatable bonds is 7. The Morgan fingerprint density at radius 2 is 1.97 bits per heavy atom. The third-order valence-electron chi connectivity index (χ3n) is 5.14. The summed E-state index contributed by atoms with van der Waals surface area (Å²) in [5.41, 5.74) is 4.67. The van der Waals surface area contributed by atoms with E-state index in [1.54, 1.807) is 12.4 Å². The van der Waals surface area contributed by atoms with Crippen LogP contribution in [-0.4, -0.2) is 26.2 Å². The first-order valence-electron chi connectivity index (χ1n) is 9.74. The van der Waals surface area contributed by atoms with Crippen LogP contribution in [0, 0.1) is 0 Å². The molecule has 29 heavy (non-hydrogen) atoms. The van der Waals surface area contributed by atoms with Crippen molar-refractivity contribution in [2.45, 2.75) is 39.6 Å². The van der Waals surface area contributed by atoms with E-state index in [-0.39, 0.29) is 5.56 Å². The fourth-order valence-corrected chi connectivity index (χ4v) is 3.68. The number of hydrogen-bond acceptors (Lipinski definition) is 5. The summed E-state index contributed by atoms with van der Waals surface area (Å²) in [4.78, 5) is 19.1. The Labute approximate surface area is 178 Å². The van der Waals surface area contributed by atoms with Crippen molar-refractivity contribution in [3.63, 3.8) is 0 Å². The van der Waals surface area contributed by atoms with E-state index in [1.165, 1.54) is 27.4 Å². The van der Waals surface area contributed by atoms with Gasteiger partial charge in [-0.15, -0.1) is 0 Å². The number of ether oxygens (including phenoxy) is 1. The number of halogens is 1. The van der Waals surface area contributed by atoms with E-state index in [2.05, 4.69) is 56.0 Å². The van der Waals surface area contributed by atoms with Gasteiger partial charge in [-0.05, 0) is 57.7 Å². The Kier molecular flexibility index (Phi) is 6.06. The van der Waals surface area contributed by atoms with Crippen LogP contribution in [0.4, 0.5) is 0 Å². The lowest BCUT2D eigenvalue weighted by Gasteiger charge is -2.09. The van der Waals surface area contributed by atoms with Crippen LogP contribution in [0.3, 0.4) is 0 Å². The topological polar surface area (TPSA) is 60.3 Å². The summed E-state index contributed by atoms with van der Waals surface area (Å²) >= 11 is 3.35. The fourth-order valence-electron chi connectivity index (χ4n) is 3.45. The van der Waals surface area contributed by atoms with Crippen molar-refractivity contribution in [1.82, 2.24) is 19.7 Å². The van der Waals surface area contributed by atoms with Crippen LogP contribution in [-0.2, 0) is 32.7 Å². The number of aromatic nitrogens is 3. The number of nitrogens with zero attached hydrogens (tertiary/aromatic N) is 4. The molecule has 4 rings (SSSR count). The number of fused-ring (bicyclic) bond motifs is 1. The van der Waals surface area contributed by atoms with Crippen LogP contribution in [0.2, 0.25) is 0 Å². The predicted molar refractivity (Wildman–Crippen MR) is 115 cm³/mol. The van der Waals surface area contributed by atoms with Gasteiger partial charge < -0.3 is 4.74 Å². The first-order valence-corrected chi connectivity index (χ1v) is 10.5. The molecule has 1 aliphatic rings. The summed E-state index contributed by atoms with van der Waals surface area (Å²) in [5, 5.41) is 4.26. The third kappa shape index (κ3) is 4.92. The minimum Gasteiger partial charge on any atom is -0.485 e. The largest absolute Gasteiger partial charge is 0.485 e. The zero-order chi connectivity index (χ0) is 20.2. The maximum Gasteiger partial charge on any atom is 0.270 e. The summed E-state index contributed by atoms with van der Waals surface area (Å²) in [7, 11) is 0. The van der Waals surface area contributed by atoms with Gasteiger partial charge >= 0.3 is 0 Å². The Morgan fingerprint density at radius 1 is 1.10 bits per heavy atom. The second-order valence-electron chi connectivity index (χ2n) is 7.17. The molecular formula is C22H23BrN4O2. The predicted octanol–water partition coefficient (Wildman–Crippen LogP) is 3.56. The van der Waals surface area contributed by atoms with Gasteiger partial charge in [-0.2, -0.15) is 5.10 Å². The summed E-state index contributed by atoms with van der Waals surface area (Å²) in [6.07, 6.45) is 4.07. The fraction of sp³-hybridized carbons (Fsp3) is 0.318. The molecule has 0 aliphatic carbocycles. The van der Waals surface area contributed by atoms with Gasteiger partial charge in [0, 0.05) is 36.4 Å². The molecule has 1 aromatic carbocycles. The van der Waals surface area contributed by atoms with Crippen LogP contribution in [0.15, 0.2) is 58.1 Å². The second-order valence-corrected chi connectivity index (χ2v) is 8.08. The van der Waals surface area contributed by atoms with E-state index in [0.717, 1.165) is 36.2 Å². The van der Waals surface area contributed by atoms with Crippen molar-refractivity contribution < 1.29 is 4.74 Å². The molecule has 0 spiro atoms. The van der Waals surface area contributed by atoms with Gasteiger partial charge in [0.1, 0.15) is 12.4 Å². The highest BCUT2D eigenvalue weighted by atomic mass is 79.9. The molecule has 0 amide bonds. The SMILES string of the molecule is CCN1Cc2ccc(CCn3ncc(OCc4ccc(Br)cn4)cc3=O)cc2C1. The molecule has 7 heteroatoms. The molecule has 0 N–H and O–H groups in total. The minimum absolute atomic E-state index is 0.162. The van der Waals surface area contributed by atoms with Crippen molar-refractivity contribution in [2.24, 2.45) is 0 Å². The number of pyridine rings is 1. The van der Waals surface area contributed by atoms with Gasteiger partial charge in [0.25, 0.3) is 5.56 Å². The summed E-state index contributed by atoms with van der Waals surface area (Å²) < 4.78 is 8.04. The first kappa shape index (κ1) is 19.8. The highest BCUT2D eigenvalue weighted by Crippen LogP contribution is 2.23. The van der Waals surface area contributed by atoms with Crippen molar-refractivity contribution >= 4 is 15.9 Å². The van der Waals surface area contributed by atoms with Crippen LogP contribution in [0.1, 0.15) is 29.3 Å². The van der Waals surface area contributed by atoms with E-state index in [1.807, 2.05) is 12.1 Å². The van der Waals surface area contributed by atoms with Crippen LogP contribution < -0.4 is 10.3 Å². The molecule has 0 saturated heterocycles. The second kappa shape index (κ2) is 8.88. The Bertz CT molecular complexity index is 1050. The van der Waals surface area contributed by atoms with Gasteiger partial charge in [-0.25, -0.2) is 4.68 Å². The number of aryl methyl sites for hydroxylation is 2. The van der Waals surface area contributed by atoms with Gasteiger partial charge in [0.2, 0.25) is 0 Å². The molecule has 6 nitrogen and oxygen atoms in total. The first-order chi connectivity index (χ1) is 14.1. The van der Waals surface area contributed by atoms with E-state index in [0.29, 0.717) is 18.9 Å². The number of benzene rings is 1. The Hall–Kier alpha value is -2.51. The molecule has 0 radical (unpaired) electrons. The molecule has 0 atom stereocenters. The maximum absolute atomic E-state index is 12.4. The van der Waals surface area contributed by atoms with Crippen LogP contribution in [0.25, 0.3) is 0 Å². The molecular weight excluding hydrogens is 432 g/mol. The van der Waals surface area contributed by atoms with E-state index >= 15 is 0 Å². The van der Waals surface area contributed by atoms with Crippen LogP contribution >= 0.6 is 15.9 Å². The minimum atomic E-state index is -0.162. The molecule has 3 aromatic rings. The molecule has 0 saturated carbocycles. The van der Waals surface area contributed by atoms with Gasteiger partial charge in [0.15, 0.2) is 0 Å². The molecule has 3 heterocycles. The van der Waals surface area contributed by atoms with Crippen molar-refractivity contribution in [3.05, 3.63) is 86.0 Å². The lowest BCUT2D eigenvalue weighted by atomic mass is 10.0. The van der Waals surface area contributed by atoms with E-state index in [4.69, 9.17) is 4.74 Å². The maximum atomic E-state index is 12.4. The van der Waals surface area contributed by atoms with Crippen molar-refractivity contribution in [1.29, 1.82) is 0 Å². The highest BCUT2D eigenvalue weighted by molar-refractivity contribution is 9.10. The summed E-state index contributed by atoms with van der Waals surface area (Å²) in [6.45, 7) is 6.14. The average molecular weight is 455 g/mol. The lowest BCUT2D eigenvalue weighted by Crippen LogP contribution is -2.23. The van der Waals surface area contributed by atoms with Crippen LogP contribution in [0.5, 0.6) is 5.75 Å². The van der Waals surface area contributed by atoms with Crippen molar-refractivity contribution in [2.75, 3.05) is 6.54 Å². The summed E-state index contributed by atoms with van der Waals surface area (Å²) in [6, 6.07) is 11.9. The highest BCUT2D eigenvalue weighted by Gasteiger charge is 2.17. The monoisotopic (exact) mass is 454 g/mol. The molecule has 1 aliphatic heterocycles. The standard InChI is InChI=1S/C22H23BrN4O2/c1-2-26-13-17-4-3-16(9-18(17)14-26)7-8-27-22(28)10-21(12-25-27)29-15-20-6-5-19(23)11-24-20/h3-6,9-12H,2,7-8,13-15H2,1H3. The van der Waals surface area contributed by atoms with E-state index < -0.39 is 0 Å². The Balaban J connectivity index is 1.35. The summed E-state index contributed by atoms with van der Waals surface area (Å²) in [5.74, 6) is 0.452. The zero-order valence-electron chi connectivity index (χ0n) is 16.3. The van der Waals surface area contributed by atoms with Gasteiger partial charge in [0.05, 0.1) is 11.9 Å². The lowest BCUT2D eigenvalue weighted by molar-refractivity contribution is 0.297. The molecule has 0 bridgehead atoms. The van der Waals surface area contributed by atoms with Gasteiger partial charge in [-0.1, -0.05) is 25.1 Å². The molecule has 2 aromatic heterocycles. The zero-order valence-corrected chi connectivity index (χ0v) is 17.9. The third-order valence-corrected chi connectivity index (χ3v) is 5.61. The molecule has 0 unspecified atom stereocenters. The van der Waals surface area contributed by atoms with Crippen molar-refractivity contribution in [3.8, 4) is 5.75 Å². The number of hydrogen-bond donors (Lipinski definition) is 0. The Morgan fingerprint density at radius 3 is 2.72 bits per heavy atom. The smallest absolute Gasteiger partial charge is 0.270 e. The average Bonchev–Trinajstić information content (AvgIpc) is 3.15. The molecule has 0 fully saturated rings. The quantitative estimate of drug-likeness (QED) is 0.546. The molecule has 150 valence electrons.